The molecule has 1 aromatic carbocycles. The summed E-state index contributed by atoms with van der Waals surface area (Å²) in [7, 11) is 0. The van der Waals surface area contributed by atoms with Gasteiger partial charge in [-0.05, 0) is 30.9 Å². The fraction of sp³-hybridized carbons (Fsp3) is 0.300. The summed E-state index contributed by atoms with van der Waals surface area (Å²) in [6.07, 6.45) is 9.63. The van der Waals surface area contributed by atoms with Crippen molar-refractivity contribution in [3.8, 4) is 18.1 Å². The minimum Gasteiger partial charge on any atom is -0.693 e. The van der Waals surface area contributed by atoms with Crippen molar-refractivity contribution in [1.82, 2.24) is 15.1 Å². The van der Waals surface area contributed by atoms with Crippen LogP contribution in [0.4, 0.5) is 11.5 Å². The van der Waals surface area contributed by atoms with Crippen LogP contribution in [0.15, 0.2) is 35.3 Å². The van der Waals surface area contributed by atoms with E-state index in [2.05, 4.69) is 32.6 Å². The number of nitrogens with zero attached hydrogens (tertiary/aromatic N) is 3. The van der Waals surface area contributed by atoms with Crippen LogP contribution in [0.3, 0.4) is 0 Å². The molecule has 1 aliphatic carbocycles. The second-order valence-electron chi connectivity index (χ2n) is 6.75. The number of rotatable bonds is 5. The van der Waals surface area contributed by atoms with Gasteiger partial charge in [-0.25, -0.2) is 0 Å². The second-order valence-corrected chi connectivity index (χ2v) is 6.75. The molecule has 2 fully saturated rings. The number of ether oxygens (including phenoxy) is 1. The van der Waals surface area contributed by atoms with E-state index in [4.69, 9.17) is 11.2 Å². The third-order valence-electron chi connectivity index (χ3n) is 4.46. The van der Waals surface area contributed by atoms with E-state index in [9.17, 15) is 9.59 Å². The molecule has 0 atom stereocenters. The van der Waals surface area contributed by atoms with Crippen LogP contribution >= 0.6 is 0 Å². The number of likely N-dealkylation sites (tertiary alicyclic amines) is 1. The van der Waals surface area contributed by atoms with Crippen LogP contribution in [0.2, 0.25) is 0 Å². The molecule has 9 nitrogen and oxygen atoms in total. The normalized spacial score (nSPS) is 15.7. The number of nitrogens with one attached hydrogen (secondary N) is 2. The Morgan fingerprint density at radius 2 is 2.10 bits per heavy atom. The third kappa shape index (κ3) is 5.78. The molecule has 30 heavy (non-hydrogen) atoms. The summed E-state index contributed by atoms with van der Waals surface area (Å²) in [6.45, 7) is 0.946. The standard InChI is InChI=1S/C20H18N5O3.H2N.W/c1-2-19(26)25-11-17(12-25)28-16-5-3-4-14(8-16)22-15-9-18(24-21-10-15)23-20(27)13-6-7-13;;/h1,3-5,8-9,13,17H,6-7,11-12H2,(H2,22,23,24,27);1H2;/q2*-1;+2. The Hall–Kier alpha value is -2.95. The Bertz CT molecular complexity index is 1020. The van der Waals surface area contributed by atoms with Crippen LogP contribution in [0, 0.1) is 24.5 Å². The van der Waals surface area contributed by atoms with Gasteiger partial charge < -0.3 is 21.1 Å². The first-order valence-electron chi connectivity index (χ1n) is 8.96. The first-order chi connectivity index (χ1) is 13.6. The number of aromatic nitrogens is 2. The summed E-state index contributed by atoms with van der Waals surface area (Å²) in [5.41, 5.74) is 0.664. The molecule has 1 saturated carbocycles. The average molecular weight is 576 g/mol. The Kier molecular flexibility index (Phi) is 7.92. The molecule has 1 aliphatic heterocycles. The molecular formula is C20H20N6O3W. The van der Waals surface area contributed by atoms with Gasteiger partial charge in [0.15, 0.2) is 0 Å². The number of hydrogen-bond donors (Lipinski definition) is 2. The van der Waals surface area contributed by atoms with E-state index >= 15 is 0 Å². The number of carbonyl (C=O) groups excluding carboxylic acids is 2. The summed E-state index contributed by atoms with van der Waals surface area (Å²) in [6, 6.07) is 8.95. The van der Waals surface area contributed by atoms with Crippen molar-refractivity contribution in [3.05, 3.63) is 48.0 Å². The predicted octanol–water partition coefficient (Wildman–Crippen LogP) is 1.73. The Morgan fingerprint density at radius 1 is 1.33 bits per heavy atom. The molecule has 2 aliphatic rings. The van der Waals surface area contributed by atoms with Gasteiger partial charge in [-0.1, -0.05) is 17.6 Å². The zero-order valence-electron chi connectivity index (χ0n) is 16.0. The van der Waals surface area contributed by atoms with Crippen LogP contribution in [0.5, 0.6) is 5.75 Å². The molecule has 0 spiro atoms. The van der Waals surface area contributed by atoms with Crippen LogP contribution < -0.4 is 15.4 Å². The number of aromatic amines is 1. The fourth-order valence-corrected chi connectivity index (χ4v) is 2.78. The van der Waals surface area contributed by atoms with E-state index < -0.39 is 0 Å². The largest absolute Gasteiger partial charge is 2.00 e. The summed E-state index contributed by atoms with van der Waals surface area (Å²) in [5.74, 6) is 2.99. The Balaban J connectivity index is 0.00000160. The molecule has 1 aromatic heterocycles. The zero-order valence-corrected chi connectivity index (χ0v) is 18.9. The first-order valence-corrected chi connectivity index (χ1v) is 8.96. The molecule has 10 heteroatoms. The SMILES string of the molecule is C#CC(=O)N1CC(Oc2cccc(N=c3[c-]n[nH]c(NC(=O)C4CC4)c3)c2)C1.[NH2-].[W+2]. The van der Waals surface area contributed by atoms with Crippen molar-refractivity contribution >= 4 is 23.3 Å². The number of hydrogen-bond acceptors (Lipinski definition) is 5. The van der Waals surface area contributed by atoms with Gasteiger partial charge in [0.2, 0.25) is 5.91 Å². The van der Waals surface area contributed by atoms with Crippen LogP contribution in [-0.4, -0.2) is 46.1 Å². The molecule has 154 valence electrons. The first kappa shape index (κ1) is 23.3. The summed E-state index contributed by atoms with van der Waals surface area (Å²) < 4.78 is 5.85. The number of carbonyl (C=O) groups is 2. The van der Waals surface area contributed by atoms with Crippen molar-refractivity contribution in [3.63, 3.8) is 0 Å². The monoisotopic (exact) mass is 576 g/mol. The Labute approximate surface area is 188 Å². The Morgan fingerprint density at radius 3 is 2.80 bits per heavy atom. The fourth-order valence-electron chi connectivity index (χ4n) is 2.78. The van der Waals surface area contributed by atoms with E-state index in [-0.39, 0.29) is 51.1 Å². The van der Waals surface area contributed by atoms with Crippen molar-refractivity contribution < 1.29 is 35.4 Å². The summed E-state index contributed by atoms with van der Waals surface area (Å²) in [4.78, 5) is 29.3. The van der Waals surface area contributed by atoms with Crippen molar-refractivity contribution in [2.45, 2.75) is 18.9 Å². The van der Waals surface area contributed by atoms with E-state index in [1.165, 1.54) is 0 Å². The maximum Gasteiger partial charge on any atom is 2.00 e. The second kappa shape index (κ2) is 10.2. The minimum atomic E-state index is -0.322. The molecule has 4 N–H and O–H groups in total. The van der Waals surface area contributed by atoms with Gasteiger partial charge in [0, 0.05) is 17.8 Å². The van der Waals surface area contributed by atoms with Crippen molar-refractivity contribution in [2.24, 2.45) is 10.9 Å². The number of nitrogens with two attached hydrogens (primary N) is 1. The average Bonchev–Trinajstić information content (AvgIpc) is 3.50. The summed E-state index contributed by atoms with van der Waals surface area (Å²) >= 11 is 0. The van der Waals surface area contributed by atoms with E-state index in [1.54, 1.807) is 17.0 Å². The zero-order chi connectivity index (χ0) is 19.5. The number of benzene rings is 1. The van der Waals surface area contributed by atoms with Gasteiger partial charge in [0.05, 0.1) is 18.8 Å². The topological polar surface area (TPSA) is 133 Å². The quantitative estimate of drug-likeness (QED) is 0.415. The molecule has 0 unspecified atom stereocenters. The van der Waals surface area contributed by atoms with Gasteiger partial charge in [-0.15, -0.1) is 12.5 Å². The smallest absolute Gasteiger partial charge is 0.693 e. The summed E-state index contributed by atoms with van der Waals surface area (Å²) in [5, 5.41) is 9.88. The molecule has 0 bridgehead atoms. The maximum atomic E-state index is 11.9. The van der Waals surface area contributed by atoms with Crippen molar-refractivity contribution in [1.29, 1.82) is 0 Å². The maximum absolute atomic E-state index is 11.9. The molecule has 2 aromatic rings. The molecule has 1 saturated heterocycles. The molecule has 2 heterocycles. The number of terminal acetylenes is 1. The number of H-pyrrole nitrogens is 1. The van der Waals surface area contributed by atoms with Crippen LogP contribution in [-0.2, 0) is 30.7 Å². The predicted molar refractivity (Wildman–Crippen MR) is 106 cm³/mol. The van der Waals surface area contributed by atoms with Crippen LogP contribution in [0.25, 0.3) is 6.15 Å². The molecular weight excluding hydrogens is 556 g/mol. The molecule has 2 amide bonds. The number of amides is 2. The van der Waals surface area contributed by atoms with Gasteiger partial charge in [-0.2, -0.15) is 0 Å². The van der Waals surface area contributed by atoms with Gasteiger partial charge in [0.1, 0.15) is 11.9 Å². The molecule has 4 rings (SSSR count). The van der Waals surface area contributed by atoms with E-state index in [0.29, 0.717) is 35.7 Å². The van der Waals surface area contributed by atoms with E-state index in [0.717, 1.165) is 12.8 Å². The van der Waals surface area contributed by atoms with Gasteiger partial charge in [-0.3, -0.25) is 24.8 Å². The number of anilines is 1. The minimum absolute atomic E-state index is 0. The molecule has 0 radical (unpaired) electrons. The third-order valence-corrected chi connectivity index (χ3v) is 4.46. The van der Waals surface area contributed by atoms with E-state index in [1.807, 2.05) is 18.2 Å². The van der Waals surface area contributed by atoms with Crippen LogP contribution in [0.1, 0.15) is 12.8 Å². The van der Waals surface area contributed by atoms with Gasteiger partial charge in [0.25, 0.3) is 5.91 Å². The van der Waals surface area contributed by atoms with Crippen molar-refractivity contribution in [2.75, 3.05) is 18.4 Å². The van der Waals surface area contributed by atoms with Gasteiger partial charge >= 0.3 is 21.1 Å².